The number of nitrogens with one attached hydrogen (secondary N) is 1. The molecular weight excluding hydrogens is 220 g/mol. The molecule has 1 fully saturated rings. The second-order valence-electron chi connectivity index (χ2n) is 5.89. The first kappa shape index (κ1) is 12.2. The van der Waals surface area contributed by atoms with Crippen molar-refractivity contribution >= 4 is 0 Å². The Labute approximate surface area is 110 Å². The van der Waals surface area contributed by atoms with Gasteiger partial charge in [-0.1, -0.05) is 24.3 Å². The van der Waals surface area contributed by atoms with Crippen LogP contribution < -0.4 is 5.32 Å². The number of rotatable bonds is 6. The van der Waals surface area contributed by atoms with E-state index in [9.17, 15) is 0 Å². The minimum Gasteiger partial charge on any atom is -0.314 e. The number of nitrogens with zero attached hydrogens (tertiary/aromatic N) is 1. The van der Waals surface area contributed by atoms with E-state index in [0.29, 0.717) is 6.04 Å². The van der Waals surface area contributed by atoms with Crippen LogP contribution in [0.2, 0.25) is 0 Å². The van der Waals surface area contributed by atoms with Gasteiger partial charge in [-0.3, -0.25) is 4.90 Å². The molecule has 0 spiro atoms. The second kappa shape index (κ2) is 5.41. The van der Waals surface area contributed by atoms with Gasteiger partial charge in [0.25, 0.3) is 0 Å². The van der Waals surface area contributed by atoms with Gasteiger partial charge in [0, 0.05) is 25.2 Å². The molecule has 1 aromatic rings. The molecule has 1 aliphatic carbocycles. The molecule has 0 radical (unpaired) electrons. The van der Waals surface area contributed by atoms with E-state index in [1.165, 1.54) is 43.4 Å². The maximum absolute atomic E-state index is 3.60. The van der Waals surface area contributed by atoms with Crippen molar-refractivity contribution in [2.24, 2.45) is 0 Å². The van der Waals surface area contributed by atoms with Crippen LogP contribution in [0, 0.1) is 0 Å². The molecule has 1 heterocycles. The van der Waals surface area contributed by atoms with Crippen molar-refractivity contribution in [2.75, 3.05) is 6.54 Å². The largest absolute Gasteiger partial charge is 0.314 e. The Morgan fingerprint density at radius 3 is 2.50 bits per heavy atom. The third kappa shape index (κ3) is 2.93. The van der Waals surface area contributed by atoms with E-state index < -0.39 is 0 Å². The molecule has 1 aliphatic heterocycles. The van der Waals surface area contributed by atoms with Gasteiger partial charge in [0.1, 0.15) is 0 Å². The Bertz CT molecular complexity index is 373. The van der Waals surface area contributed by atoms with E-state index in [0.717, 1.165) is 19.1 Å². The molecule has 3 rings (SSSR count). The van der Waals surface area contributed by atoms with Gasteiger partial charge in [-0.2, -0.15) is 0 Å². The zero-order valence-electron chi connectivity index (χ0n) is 11.4. The van der Waals surface area contributed by atoms with Crippen molar-refractivity contribution in [3.8, 4) is 0 Å². The molecule has 2 aliphatic rings. The smallest absolute Gasteiger partial charge is 0.0243 e. The number of fused-ring (bicyclic) bond motifs is 1. The summed E-state index contributed by atoms with van der Waals surface area (Å²) in [4.78, 5) is 2.61. The zero-order chi connectivity index (χ0) is 12.4. The summed E-state index contributed by atoms with van der Waals surface area (Å²) >= 11 is 0. The van der Waals surface area contributed by atoms with Crippen LogP contribution >= 0.6 is 0 Å². The molecule has 1 atom stereocenters. The Hall–Kier alpha value is -0.860. The first-order chi connectivity index (χ1) is 8.83. The van der Waals surface area contributed by atoms with Crippen molar-refractivity contribution in [1.82, 2.24) is 10.2 Å². The van der Waals surface area contributed by atoms with E-state index in [2.05, 4.69) is 41.4 Å². The van der Waals surface area contributed by atoms with Gasteiger partial charge < -0.3 is 5.32 Å². The van der Waals surface area contributed by atoms with Crippen LogP contribution in [-0.4, -0.2) is 23.5 Å². The molecule has 0 bridgehead atoms. The highest BCUT2D eigenvalue weighted by molar-refractivity contribution is 5.30. The van der Waals surface area contributed by atoms with E-state index in [1.807, 2.05) is 0 Å². The average molecular weight is 244 g/mol. The SMILES string of the molecule is CC(CCCNC1CC1)N1Cc2ccccc2C1. The van der Waals surface area contributed by atoms with Gasteiger partial charge in [0.15, 0.2) is 0 Å². The highest BCUT2D eigenvalue weighted by Crippen LogP contribution is 2.25. The normalized spacial score (nSPS) is 20.9. The molecule has 0 aromatic heterocycles. The van der Waals surface area contributed by atoms with Gasteiger partial charge in [-0.15, -0.1) is 0 Å². The molecule has 0 amide bonds. The summed E-state index contributed by atoms with van der Waals surface area (Å²) in [5, 5.41) is 3.60. The van der Waals surface area contributed by atoms with E-state index in [4.69, 9.17) is 0 Å². The Morgan fingerprint density at radius 2 is 1.89 bits per heavy atom. The van der Waals surface area contributed by atoms with E-state index in [1.54, 1.807) is 0 Å². The van der Waals surface area contributed by atoms with E-state index >= 15 is 0 Å². The summed E-state index contributed by atoms with van der Waals surface area (Å²) < 4.78 is 0. The van der Waals surface area contributed by atoms with E-state index in [-0.39, 0.29) is 0 Å². The third-order valence-corrected chi connectivity index (χ3v) is 4.30. The first-order valence-corrected chi connectivity index (χ1v) is 7.37. The van der Waals surface area contributed by atoms with Crippen LogP contribution in [0.1, 0.15) is 43.7 Å². The van der Waals surface area contributed by atoms with Crippen molar-refractivity contribution in [3.05, 3.63) is 35.4 Å². The van der Waals surface area contributed by atoms with Crippen molar-refractivity contribution in [3.63, 3.8) is 0 Å². The van der Waals surface area contributed by atoms with Gasteiger partial charge >= 0.3 is 0 Å². The standard InChI is InChI=1S/C16H24N2/c1-13(5-4-10-17-16-8-9-16)18-11-14-6-2-3-7-15(14)12-18/h2-3,6-7,13,16-17H,4-5,8-12H2,1H3. The zero-order valence-corrected chi connectivity index (χ0v) is 11.4. The predicted octanol–water partition coefficient (Wildman–Crippen LogP) is 2.92. The lowest BCUT2D eigenvalue weighted by atomic mass is 10.1. The molecule has 1 N–H and O–H groups in total. The predicted molar refractivity (Wildman–Crippen MR) is 75.4 cm³/mol. The summed E-state index contributed by atoms with van der Waals surface area (Å²) in [5.74, 6) is 0. The maximum Gasteiger partial charge on any atom is 0.0243 e. The fraction of sp³-hybridized carbons (Fsp3) is 0.625. The van der Waals surface area contributed by atoms with Crippen LogP contribution in [0.4, 0.5) is 0 Å². The van der Waals surface area contributed by atoms with Crippen LogP contribution in [0.15, 0.2) is 24.3 Å². The van der Waals surface area contributed by atoms with Crippen LogP contribution in [0.5, 0.6) is 0 Å². The molecule has 1 saturated carbocycles. The summed E-state index contributed by atoms with van der Waals surface area (Å²) in [6, 6.07) is 10.4. The minimum atomic E-state index is 0.707. The Morgan fingerprint density at radius 1 is 1.22 bits per heavy atom. The van der Waals surface area contributed by atoms with Crippen LogP contribution in [0.3, 0.4) is 0 Å². The van der Waals surface area contributed by atoms with Crippen molar-refractivity contribution in [1.29, 1.82) is 0 Å². The molecule has 1 unspecified atom stereocenters. The van der Waals surface area contributed by atoms with Gasteiger partial charge in [-0.05, 0) is 50.3 Å². The second-order valence-corrected chi connectivity index (χ2v) is 5.89. The van der Waals surface area contributed by atoms with Crippen LogP contribution in [0.25, 0.3) is 0 Å². The molecule has 0 saturated heterocycles. The molecule has 2 nitrogen and oxygen atoms in total. The summed E-state index contributed by atoms with van der Waals surface area (Å²) in [6.45, 7) is 5.87. The number of benzene rings is 1. The highest BCUT2D eigenvalue weighted by Gasteiger charge is 2.23. The lowest BCUT2D eigenvalue weighted by Crippen LogP contribution is -2.29. The molecule has 2 heteroatoms. The molecule has 98 valence electrons. The number of hydrogen-bond donors (Lipinski definition) is 1. The Balaban J connectivity index is 1.42. The summed E-state index contributed by atoms with van der Waals surface area (Å²) in [6.07, 6.45) is 5.42. The lowest BCUT2D eigenvalue weighted by Gasteiger charge is -2.23. The summed E-state index contributed by atoms with van der Waals surface area (Å²) in [5.41, 5.74) is 3.06. The van der Waals surface area contributed by atoms with Crippen molar-refractivity contribution < 1.29 is 0 Å². The highest BCUT2D eigenvalue weighted by atomic mass is 15.2. The molecule has 18 heavy (non-hydrogen) atoms. The van der Waals surface area contributed by atoms with Crippen LogP contribution in [-0.2, 0) is 13.1 Å². The Kier molecular flexibility index (Phi) is 3.67. The monoisotopic (exact) mass is 244 g/mol. The quantitative estimate of drug-likeness (QED) is 0.774. The number of hydrogen-bond acceptors (Lipinski definition) is 2. The molecule has 1 aromatic carbocycles. The molecular formula is C16H24N2. The lowest BCUT2D eigenvalue weighted by molar-refractivity contribution is 0.200. The topological polar surface area (TPSA) is 15.3 Å². The van der Waals surface area contributed by atoms with Crippen molar-refractivity contribution in [2.45, 2.75) is 57.8 Å². The third-order valence-electron chi connectivity index (χ3n) is 4.30. The fourth-order valence-corrected chi connectivity index (χ4v) is 2.84. The van der Waals surface area contributed by atoms with Gasteiger partial charge in [-0.25, -0.2) is 0 Å². The minimum absolute atomic E-state index is 0.707. The average Bonchev–Trinajstić information content (AvgIpc) is 3.10. The summed E-state index contributed by atoms with van der Waals surface area (Å²) in [7, 11) is 0. The van der Waals surface area contributed by atoms with Gasteiger partial charge in [0.2, 0.25) is 0 Å². The van der Waals surface area contributed by atoms with Gasteiger partial charge in [0.05, 0.1) is 0 Å². The maximum atomic E-state index is 3.60. The first-order valence-electron chi connectivity index (χ1n) is 7.37. The fourth-order valence-electron chi connectivity index (χ4n) is 2.84.